The first-order chi connectivity index (χ1) is 12.2. The van der Waals surface area contributed by atoms with Gasteiger partial charge in [-0.15, -0.1) is 16.4 Å². The number of thiophene rings is 1. The van der Waals surface area contributed by atoms with Gasteiger partial charge in [0, 0.05) is 11.1 Å². The van der Waals surface area contributed by atoms with Crippen molar-refractivity contribution in [1.82, 2.24) is 29.4 Å². The van der Waals surface area contributed by atoms with E-state index in [9.17, 15) is 0 Å². The molecule has 0 saturated carbocycles. The van der Waals surface area contributed by atoms with Crippen LogP contribution in [0, 0.1) is 12.8 Å². The zero-order valence-electron chi connectivity index (χ0n) is 14.4. The van der Waals surface area contributed by atoms with Crippen LogP contribution in [0.1, 0.15) is 41.6 Å². The number of nitrogens with zero attached hydrogens (tertiary/aromatic N) is 6. The largest absolute Gasteiger partial charge is 0.265 e. The number of fused-ring (bicyclic) bond motifs is 5. The molecule has 25 heavy (non-hydrogen) atoms. The van der Waals surface area contributed by atoms with Crippen LogP contribution < -0.4 is 0 Å². The SMILES string of the molecule is CCC1CCc2c(sc3ncn4nc(Cn5cc(C)cn5)nc4c23)C1. The van der Waals surface area contributed by atoms with Gasteiger partial charge in [0.05, 0.1) is 11.6 Å². The van der Waals surface area contributed by atoms with Crippen molar-refractivity contribution >= 4 is 27.2 Å². The summed E-state index contributed by atoms with van der Waals surface area (Å²) in [7, 11) is 0. The Hall–Kier alpha value is -2.28. The molecule has 0 bridgehead atoms. The Morgan fingerprint density at radius 1 is 1.36 bits per heavy atom. The third kappa shape index (κ3) is 2.45. The number of hydrogen-bond donors (Lipinski definition) is 0. The van der Waals surface area contributed by atoms with E-state index in [1.54, 1.807) is 6.33 Å². The maximum absolute atomic E-state index is 4.82. The highest BCUT2D eigenvalue weighted by molar-refractivity contribution is 7.19. The van der Waals surface area contributed by atoms with E-state index in [-0.39, 0.29) is 0 Å². The predicted octanol–water partition coefficient (Wildman–Crippen LogP) is 3.41. The summed E-state index contributed by atoms with van der Waals surface area (Å²) in [4.78, 5) is 12.1. The first-order valence-electron chi connectivity index (χ1n) is 8.85. The van der Waals surface area contributed by atoms with Crippen LogP contribution in [0.15, 0.2) is 18.7 Å². The molecule has 0 aliphatic heterocycles. The number of hydrogen-bond acceptors (Lipinski definition) is 5. The minimum absolute atomic E-state index is 0.585. The van der Waals surface area contributed by atoms with Gasteiger partial charge in [-0.2, -0.15) is 5.10 Å². The minimum Gasteiger partial charge on any atom is -0.265 e. The summed E-state index contributed by atoms with van der Waals surface area (Å²) < 4.78 is 3.70. The van der Waals surface area contributed by atoms with Crippen molar-refractivity contribution in [3.8, 4) is 0 Å². The van der Waals surface area contributed by atoms with Crippen LogP contribution in [0.4, 0.5) is 0 Å². The molecule has 4 aromatic heterocycles. The van der Waals surface area contributed by atoms with Gasteiger partial charge in [0.2, 0.25) is 0 Å². The standard InChI is InChI=1S/C18H20N6S/c1-3-12-4-5-13-14(6-12)25-18-16(13)17-21-15(22-24(17)10-19-18)9-23-8-11(2)7-20-23/h7-8,10,12H,3-6,9H2,1-2H3. The topological polar surface area (TPSA) is 60.9 Å². The molecule has 6 nitrogen and oxygen atoms in total. The molecule has 128 valence electrons. The Kier molecular flexibility index (Phi) is 3.38. The molecule has 0 N–H and O–H groups in total. The highest BCUT2D eigenvalue weighted by Crippen LogP contribution is 2.39. The van der Waals surface area contributed by atoms with E-state index in [1.165, 1.54) is 35.1 Å². The molecular formula is C18H20N6S. The fourth-order valence-corrected chi connectivity index (χ4v) is 5.10. The van der Waals surface area contributed by atoms with Crippen LogP contribution in [0.2, 0.25) is 0 Å². The lowest BCUT2D eigenvalue weighted by Crippen LogP contribution is -2.11. The molecule has 0 radical (unpaired) electrons. The first-order valence-corrected chi connectivity index (χ1v) is 9.66. The molecule has 0 amide bonds. The van der Waals surface area contributed by atoms with E-state index < -0.39 is 0 Å². The summed E-state index contributed by atoms with van der Waals surface area (Å²) in [6, 6.07) is 0. The molecule has 1 atom stereocenters. The van der Waals surface area contributed by atoms with Crippen molar-refractivity contribution < 1.29 is 0 Å². The molecular weight excluding hydrogens is 332 g/mol. The molecule has 1 aliphatic carbocycles. The lowest BCUT2D eigenvalue weighted by Gasteiger charge is -2.20. The van der Waals surface area contributed by atoms with Crippen LogP contribution >= 0.6 is 11.3 Å². The van der Waals surface area contributed by atoms with Crippen LogP contribution in [-0.4, -0.2) is 29.4 Å². The second-order valence-corrected chi connectivity index (χ2v) is 8.04. The normalized spacial score (nSPS) is 17.4. The summed E-state index contributed by atoms with van der Waals surface area (Å²) in [5, 5.41) is 10.2. The van der Waals surface area contributed by atoms with E-state index in [4.69, 9.17) is 4.98 Å². The van der Waals surface area contributed by atoms with E-state index in [2.05, 4.69) is 22.1 Å². The molecule has 0 saturated heterocycles. The smallest absolute Gasteiger partial charge is 0.173 e. The van der Waals surface area contributed by atoms with Gasteiger partial charge in [0.25, 0.3) is 0 Å². The summed E-state index contributed by atoms with van der Waals surface area (Å²) in [6.07, 6.45) is 10.5. The second-order valence-electron chi connectivity index (χ2n) is 6.96. The first kappa shape index (κ1) is 15.0. The third-order valence-electron chi connectivity index (χ3n) is 5.17. The summed E-state index contributed by atoms with van der Waals surface area (Å²) in [6.45, 7) is 4.91. The van der Waals surface area contributed by atoms with Gasteiger partial charge in [-0.25, -0.2) is 14.5 Å². The van der Waals surface area contributed by atoms with Crippen LogP contribution in [-0.2, 0) is 19.4 Å². The average Bonchev–Trinajstić information content (AvgIpc) is 3.29. The van der Waals surface area contributed by atoms with Crippen molar-refractivity contribution in [2.24, 2.45) is 5.92 Å². The van der Waals surface area contributed by atoms with Crippen molar-refractivity contribution in [3.05, 3.63) is 40.5 Å². The molecule has 4 heterocycles. The Bertz CT molecular complexity index is 1070. The van der Waals surface area contributed by atoms with E-state index in [1.807, 2.05) is 39.9 Å². The molecule has 4 aromatic rings. The van der Waals surface area contributed by atoms with Gasteiger partial charge in [-0.3, -0.25) is 4.68 Å². The highest BCUT2D eigenvalue weighted by atomic mass is 32.1. The fraction of sp³-hybridized carbons (Fsp3) is 0.444. The van der Waals surface area contributed by atoms with Gasteiger partial charge in [0.15, 0.2) is 11.5 Å². The lowest BCUT2D eigenvalue weighted by molar-refractivity contribution is 0.451. The quantitative estimate of drug-likeness (QED) is 0.567. The molecule has 5 rings (SSSR count). The van der Waals surface area contributed by atoms with Crippen molar-refractivity contribution in [2.75, 3.05) is 0 Å². The van der Waals surface area contributed by atoms with E-state index >= 15 is 0 Å². The number of rotatable bonds is 3. The van der Waals surface area contributed by atoms with Gasteiger partial charge >= 0.3 is 0 Å². The summed E-state index contributed by atoms with van der Waals surface area (Å²) in [5.41, 5.74) is 3.54. The Morgan fingerprint density at radius 3 is 3.08 bits per heavy atom. The van der Waals surface area contributed by atoms with Crippen molar-refractivity contribution in [3.63, 3.8) is 0 Å². The Balaban J connectivity index is 1.61. The molecule has 1 unspecified atom stereocenters. The van der Waals surface area contributed by atoms with Gasteiger partial charge in [-0.1, -0.05) is 13.3 Å². The average molecular weight is 352 g/mol. The van der Waals surface area contributed by atoms with Crippen LogP contribution in [0.5, 0.6) is 0 Å². The van der Waals surface area contributed by atoms with Gasteiger partial charge in [0.1, 0.15) is 17.7 Å². The monoisotopic (exact) mass is 352 g/mol. The zero-order valence-corrected chi connectivity index (χ0v) is 15.3. The minimum atomic E-state index is 0.585. The van der Waals surface area contributed by atoms with Crippen LogP contribution in [0.25, 0.3) is 15.9 Å². The predicted molar refractivity (Wildman–Crippen MR) is 98.0 cm³/mol. The molecule has 0 aromatic carbocycles. The summed E-state index contributed by atoms with van der Waals surface area (Å²) in [5.74, 6) is 1.59. The maximum atomic E-state index is 4.82. The van der Waals surface area contributed by atoms with Crippen molar-refractivity contribution in [2.45, 2.75) is 46.1 Å². The molecule has 0 fully saturated rings. The third-order valence-corrected chi connectivity index (χ3v) is 6.34. The van der Waals surface area contributed by atoms with Gasteiger partial charge < -0.3 is 0 Å². The van der Waals surface area contributed by atoms with Gasteiger partial charge in [-0.05, 0) is 43.2 Å². The molecule has 0 spiro atoms. The van der Waals surface area contributed by atoms with Crippen molar-refractivity contribution in [1.29, 1.82) is 0 Å². The van der Waals surface area contributed by atoms with Crippen LogP contribution in [0.3, 0.4) is 0 Å². The number of aromatic nitrogens is 6. The molecule has 7 heteroatoms. The highest BCUT2D eigenvalue weighted by Gasteiger charge is 2.24. The fourth-order valence-electron chi connectivity index (χ4n) is 3.80. The lowest BCUT2D eigenvalue weighted by atomic mass is 9.86. The second kappa shape index (κ2) is 5.62. The maximum Gasteiger partial charge on any atom is 0.173 e. The number of aryl methyl sites for hydroxylation is 2. The van der Waals surface area contributed by atoms with E-state index in [0.717, 1.165) is 34.2 Å². The summed E-state index contributed by atoms with van der Waals surface area (Å²) >= 11 is 1.84. The Morgan fingerprint density at radius 2 is 2.28 bits per heavy atom. The Labute approximate surface area is 149 Å². The zero-order chi connectivity index (χ0) is 17.0. The molecule has 1 aliphatic rings. The van der Waals surface area contributed by atoms with E-state index in [0.29, 0.717) is 6.54 Å².